The number of carboxylic acid groups (broad SMARTS) is 2. The molecule has 0 bridgehead atoms. The van der Waals surface area contributed by atoms with E-state index in [2.05, 4.69) is 4.74 Å². The van der Waals surface area contributed by atoms with E-state index in [9.17, 15) is 9.59 Å². The van der Waals surface area contributed by atoms with Crippen LogP contribution in [0, 0.1) is 0 Å². The summed E-state index contributed by atoms with van der Waals surface area (Å²) in [4.78, 5) is 18.4. The third kappa shape index (κ3) is 122. The molecular weight excluding hydrogens is 259 g/mol. The van der Waals surface area contributed by atoms with Gasteiger partial charge in [0.2, 0.25) is 0 Å². The van der Waals surface area contributed by atoms with E-state index in [1.165, 1.54) is 0 Å². The second kappa shape index (κ2) is 40.3. The van der Waals surface area contributed by atoms with Gasteiger partial charge in [-0.3, -0.25) is 0 Å². The van der Waals surface area contributed by atoms with Crippen molar-refractivity contribution in [3.8, 4) is 0 Å². The molecule has 0 aromatic carbocycles. The van der Waals surface area contributed by atoms with E-state index in [0.717, 1.165) is 0 Å². The molecule has 12 heteroatoms. The summed E-state index contributed by atoms with van der Waals surface area (Å²) in [5, 5.41) is 15.0. The molecule has 0 aliphatic heterocycles. The molecule has 14 N–H and O–H groups in total. The second-order valence-electron chi connectivity index (χ2n) is 0.634. The first kappa shape index (κ1) is 74.8. The molecule has 0 saturated carbocycles. The maximum absolute atomic E-state index is 9.21. The van der Waals surface area contributed by atoms with E-state index in [-0.39, 0.29) is 49.6 Å². The predicted octanol–water partition coefficient (Wildman–Crippen LogP) is -4.59. The molecule has 0 amide bonds. The first-order valence-corrected chi connectivity index (χ1v) is 1.26. The van der Waals surface area contributed by atoms with Crippen LogP contribution in [0.15, 0.2) is 0 Å². The van der Waals surface area contributed by atoms with Gasteiger partial charge in [-0.15, -0.1) is 0 Å². The first-order chi connectivity index (χ1) is 3.13. The maximum Gasteiger partial charge on any atom is 0.516 e. The van der Waals surface area contributed by atoms with Crippen LogP contribution in [0.3, 0.4) is 0 Å². The third-order valence-corrected chi connectivity index (χ3v) is 0.175. The number of rotatable bonds is 0. The van der Waals surface area contributed by atoms with E-state index in [0.29, 0.717) is 0 Å². The Morgan fingerprint density at radius 3 is 0.857 bits per heavy atom. The van der Waals surface area contributed by atoms with Gasteiger partial charge in [0, 0.05) is 16.8 Å². The van der Waals surface area contributed by atoms with Gasteiger partial charge in [0.15, 0.2) is 0 Å². The normalized spacial score (nSPS) is 3.71. The number of hydrogen-bond acceptors (Lipinski definition) is 3. The van der Waals surface area contributed by atoms with Gasteiger partial charge in [0.25, 0.3) is 0 Å². The zero-order valence-electron chi connectivity index (χ0n) is 6.45. The van der Waals surface area contributed by atoms with Gasteiger partial charge in [-0.05, 0) is 0 Å². The molecule has 0 unspecified atom stereocenters. The Labute approximate surface area is 87.3 Å². The molecular formula is C2H14CoO11. The zero-order valence-corrected chi connectivity index (χ0v) is 7.49. The molecule has 0 aliphatic carbocycles. The molecule has 0 aromatic heterocycles. The molecule has 0 aromatic rings. The molecule has 1 radical (unpaired) electrons. The Balaban J connectivity index is -0.00000000857. The minimum absolute atomic E-state index is 0. The van der Waals surface area contributed by atoms with Crippen LogP contribution in [0.2, 0.25) is 0 Å². The summed E-state index contributed by atoms with van der Waals surface area (Å²) in [5.41, 5.74) is 0. The first-order valence-electron chi connectivity index (χ1n) is 1.26. The average molecular weight is 273 g/mol. The van der Waals surface area contributed by atoms with Crippen LogP contribution in [0.5, 0.6) is 0 Å². The summed E-state index contributed by atoms with van der Waals surface area (Å²) in [6, 6.07) is 0. The van der Waals surface area contributed by atoms with Crippen molar-refractivity contribution in [3.63, 3.8) is 0 Å². The predicted molar refractivity (Wildman–Crippen MR) is 38.8 cm³/mol. The second-order valence-corrected chi connectivity index (χ2v) is 0.634. The van der Waals surface area contributed by atoms with Crippen LogP contribution in [-0.2, 0) is 21.5 Å². The van der Waals surface area contributed by atoms with Crippen molar-refractivity contribution >= 4 is 12.3 Å². The van der Waals surface area contributed by atoms with Crippen molar-refractivity contribution in [2.24, 2.45) is 0 Å². The topological polar surface area (TPSA) is 273 Å². The number of ether oxygens (including phenoxy) is 1. The Morgan fingerprint density at radius 2 is 0.857 bits per heavy atom. The Hall–Kier alpha value is -0.994. The Kier molecular flexibility index (Phi) is 215. The molecule has 0 aliphatic rings. The van der Waals surface area contributed by atoms with Crippen molar-refractivity contribution in [1.29, 1.82) is 0 Å². The van der Waals surface area contributed by atoms with Gasteiger partial charge in [-0.1, -0.05) is 0 Å². The fourth-order valence-corrected chi connectivity index (χ4v) is 0.0747. The van der Waals surface area contributed by atoms with Crippen molar-refractivity contribution in [2.45, 2.75) is 0 Å². The van der Waals surface area contributed by atoms with E-state index in [1.54, 1.807) is 0 Å². The van der Waals surface area contributed by atoms with E-state index >= 15 is 0 Å². The van der Waals surface area contributed by atoms with Crippen molar-refractivity contribution in [3.05, 3.63) is 0 Å². The van der Waals surface area contributed by atoms with Crippen molar-refractivity contribution in [1.82, 2.24) is 0 Å². The van der Waals surface area contributed by atoms with Crippen LogP contribution in [0.4, 0.5) is 9.59 Å². The fourth-order valence-electron chi connectivity index (χ4n) is 0.0747. The quantitative estimate of drug-likeness (QED) is 0.324. The minimum atomic E-state index is -1.81. The van der Waals surface area contributed by atoms with Gasteiger partial charge < -0.3 is 47.8 Å². The molecule has 11 nitrogen and oxygen atoms in total. The summed E-state index contributed by atoms with van der Waals surface area (Å²) in [7, 11) is 0. The molecule has 0 saturated heterocycles. The maximum atomic E-state index is 9.21. The van der Waals surface area contributed by atoms with Crippen LogP contribution in [0.1, 0.15) is 0 Å². The van der Waals surface area contributed by atoms with Gasteiger partial charge >= 0.3 is 12.3 Å². The molecule has 0 rings (SSSR count). The molecule has 0 heterocycles. The SMILES string of the molecule is O.O.O.O.O.O.O=C(O)OC(=O)O.[Co]. The van der Waals surface area contributed by atoms with Gasteiger partial charge in [-0.25, -0.2) is 9.59 Å². The van der Waals surface area contributed by atoms with E-state index < -0.39 is 12.3 Å². The summed E-state index contributed by atoms with van der Waals surface area (Å²) < 4.78 is 3.08. The molecule has 0 fully saturated rings. The summed E-state index contributed by atoms with van der Waals surface area (Å²) in [6.07, 6.45) is -3.62. The van der Waals surface area contributed by atoms with Crippen LogP contribution in [0.25, 0.3) is 0 Å². The molecule has 97 valence electrons. The summed E-state index contributed by atoms with van der Waals surface area (Å²) in [5.74, 6) is 0. The van der Waals surface area contributed by atoms with Gasteiger partial charge in [0.1, 0.15) is 0 Å². The zero-order chi connectivity index (χ0) is 5.86. The van der Waals surface area contributed by atoms with E-state index in [4.69, 9.17) is 10.2 Å². The Bertz CT molecular complexity index is 89.5. The van der Waals surface area contributed by atoms with Crippen molar-refractivity contribution in [2.75, 3.05) is 0 Å². The fraction of sp³-hybridized carbons (Fsp3) is 0. The third-order valence-electron chi connectivity index (χ3n) is 0.175. The summed E-state index contributed by atoms with van der Waals surface area (Å²) in [6.45, 7) is 0. The average Bonchev–Trinajstić information content (AvgIpc) is 1.27. The van der Waals surface area contributed by atoms with Crippen LogP contribution >= 0.6 is 0 Å². The molecule has 14 heavy (non-hydrogen) atoms. The van der Waals surface area contributed by atoms with Gasteiger partial charge in [0.05, 0.1) is 0 Å². The number of hydrogen-bond donors (Lipinski definition) is 2. The number of carbonyl (C=O) groups is 2. The summed E-state index contributed by atoms with van der Waals surface area (Å²) >= 11 is 0. The molecule has 0 atom stereocenters. The monoisotopic (exact) mass is 273 g/mol. The van der Waals surface area contributed by atoms with Crippen LogP contribution < -0.4 is 0 Å². The smallest absolute Gasteiger partial charge is 0.449 e. The standard InChI is InChI=1S/C2H2O5.Co.6H2O/c3-1(4)7-2(5)6;;;;;;;/h(H,3,4)(H,5,6);;6*1H2. The Morgan fingerprint density at radius 1 is 0.714 bits per heavy atom. The molecule has 0 spiro atoms. The van der Waals surface area contributed by atoms with Gasteiger partial charge in [-0.2, -0.15) is 0 Å². The largest absolute Gasteiger partial charge is 0.516 e. The van der Waals surface area contributed by atoms with Crippen LogP contribution in [-0.4, -0.2) is 55.4 Å². The minimum Gasteiger partial charge on any atom is -0.449 e. The van der Waals surface area contributed by atoms with E-state index in [1.807, 2.05) is 0 Å². The van der Waals surface area contributed by atoms with Crippen molar-refractivity contribution < 1.29 is 74.2 Å².